The Morgan fingerprint density at radius 3 is 2.36 bits per heavy atom. The monoisotopic (exact) mass is 449 g/mol. The number of fused-ring (bicyclic) bond motifs is 1. The molecule has 0 unspecified atom stereocenters. The highest BCUT2D eigenvalue weighted by Gasteiger charge is 2.35. The van der Waals surface area contributed by atoms with E-state index in [1.54, 1.807) is 12.1 Å². The number of imide groups is 1. The lowest BCUT2D eigenvalue weighted by atomic mass is 10.0. The fourth-order valence-corrected chi connectivity index (χ4v) is 4.33. The van der Waals surface area contributed by atoms with Gasteiger partial charge in [-0.2, -0.15) is 0 Å². The summed E-state index contributed by atoms with van der Waals surface area (Å²) in [6.07, 6.45) is 3.13. The van der Waals surface area contributed by atoms with Crippen molar-refractivity contribution in [3.05, 3.63) is 70.3 Å². The molecule has 1 fully saturated rings. The second-order valence-corrected chi connectivity index (χ2v) is 8.88. The van der Waals surface area contributed by atoms with Crippen LogP contribution in [0.3, 0.4) is 0 Å². The molecule has 2 heterocycles. The smallest absolute Gasteiger partial charge is 0.261 e. The molecule has 1 saturated heterocycles. The molecule has 7 heteroatoms. The van der Waals surface area contributed by atoms with Crippen molar-refractivity contribution in [3.8, 4) is 0 Å². The lowest BCUT2D eigenvalue weighted by molar-refractivity contribution is 0.0652. The number of hydrogen-bond donors (Lipinski definition) is 2. The molecule has 2 aromatic carbocycles. The molecular formula is C26H31N3O4. The minimum atomic E-state index is -0.322. The number of carbonyl (C=O) groups excluding carboxylic acids is 3. The van der Waals surface area contributed by atoms with Crippen LogP contribution in [0.15, 0.2) is 42.5 Å². The Kier molecular flexibility index (Phi) is 7.20. The molecule has 0 bridgehead atoms. The van der Waals surface area contributed by atoms with Crippen molar-refractivity contribution < 1.29 is 19.5 Å². The summed E-state index contributed by atoms with van der Waals surface area (Å²) in [6.45, 7) is 5.46. The van der Waals surface area contributed by atoms with E-state index in [1.165, 1.54) is 16.5 Å². The quantitative estimate of drug-likeness (QED) is 0.605. The van der Waals surface area contributed by atoms with Crippen LogP contribution in [0.1, 0.15) is 74.8 Å². The minimum Gasteiger partial charge on any atom is -0.393 e. The molecule has 2 aromatic rings. The van der Waals surface area contributed by atoms with Crippen LogP contribution >= 0.6 is 0 Å². The molecule has 0 aliphatic carbocycles. The van der Waals surface area contributed by atoms with Gasteiger partial charge in [0.1, 0.15) is 0 Å². The minimum absolute atomic E-state index is 0.170. The summed E-state index contributed by atoms with van der Waals surface area (Å²) < 4.78 is 0. The van der Waals surface area contributed by atoms with Crippen LogP contribution in [-0.4, -0.2) is 58.4 Å². The standard InChI is InChI=1S/C26H31N3O4/c1-2-3-12-29-25(32)22-9-8-20(15-23(22)26(29)33)24(31)27-16-18-4-6-19(7-5-18)17-28-13-10-21(30)11-14-28/h4-9,15,21,30H,2-3,10-14,16-17H2,1H3,(H,27,31). The second-order valence-electron chi connectivity index (χ2n) is 8.88. The number of piperidine rings is 1. The molecule has 2 N–H and O–H groups in total. The highest BCUT2D eigenvalue weighted by Crippen LogP contribution is 2.24. The number of unbranched alkanes of at least 4 members (excludes halogenated alkanes) is 1. The highest BCUT2D eigenvalue weighted by molar-refractivity contribution is 6.22. The number of amides is 3. The van der Waals surface area contributed by atoms with Gasteiger partial charge < -0.3 is 10.4 Å². The van der Waals surface area contributed by atoms with Crippen LogP contribution in [0.5, 0.6) is 0 Å². The predicted octanol–water partition coefficient (Wildman–Crippen LogP) is 2.97. The Labute approximate surface area is 194 Å². The molecule has 3 amide bonds. The molecule has 7 nitrogen and oxygen atoms in total. The molecule has 0 spiro atoms. The van der Waals surface area contributed by atoms with Gasteiger partial charge in [0, 0.05) is 38.3 Å². The van der Waals surface area contributed by atoms with E-state index in [0.29, 0.717) is 29.8 Å². The number of aliphatic hydroxyl groups excluding tert-OH is 1. The number of aliphatic hydroxyl groups is 1. The lowest BCUT2D eigenvalue weighted by Crippen LogP contribution is -2.35. The summed E-state index contributed by atoms with van der Waals surface area (Å²) in [4.78, 5) is 41.4. The van der Waals surface area contributed by atoms with Gasteiger partial charge in [0.05, 0.1) is 17.2 Å². The first kappa shape index (κ1) is 23.1. The summed E-state index contributed by atoms with van der Waals surface area (Å²) in [5.41, 5.74) is 3.23. The highest BCUT2D eigenvalue weighted by atomic mass is 16.3. The van der Waals surface area contributed by atoms with E-state index in [-0.39, 0.29) is 23.8 Å². The number of rotatable bonds is 8. The molecule has 0 saturated carbocycles. The van der Waals surface area contributed by atoms with Crippen molar-refractivity contribution in [2.24, 2.45) is 0 Å². The molecule has 4 rings (SSSR count). The molecule has 2 aliphatic heterocycles. The summed E-state index contributed by atoms with van der Waals surface area (Å²) >= 11 is 0. The third kappa shape index (κ3) is 5.31. The largest absolute Gasteiger partial charge is 0.393 e. The van der Waals surface area contributed by atoms with Crippen LogP contribution in [0, 0.1) is 0 Å². The van der Waals surface area contributed by atoms with Gasteiger partial charge in [-0.15, -0.1) is 0 Å². The van der Waals surface area contributed by atoms with Gasteiger partial charge in [-0.25, -0.2) is 0 Å². The first-order valence-corrected chi connectivity index (χ1v) is 11.7. The maximum Gasteiger partial charge on any atom is 0.261 e. The normalized spacial score (nSPS) is 16.8. The molecule has 0 atom stereocenters. The number of nitrogens with zero attached hydrogens (tertiary/aromatic N) is 2. The van der Waals surface area contributed by atoms with Crippen LogP contribution in [-0.2, 0) is 13.1 Å². The van der Waals surface area contributed by atoms with Gasteiger partial charge in [-0.05, 0) is 48.6 Å². The second kappa shape index (κ2) is 10.3. The fraction of sp³-hybridized carbons (Fsp3) is 0.423. The average Bonchev–Trinajstić information content (AvgIpc) is 3.07. The number of likely N-dealkylation sites (tertiary alicyclic amines) is 1. The van der Waals surface area contributed by atoms with Gasteiger partial charge in [-0.1, -0.05) is 37.6 Å². The first-order valence-electron chi connectivity index (χ1n) is 11.7. The van der Waals surface area contributed by atoms with Gasteiger partial charge in [0.15, 0.2) is 0 Å². The summed E-state index contributed by atoms with van der Waals surface area (Å²) in [7, 11) is 0. The van der Waals surface area contributed by atoms with Crippen LogP contribution < -0.4 is 5.32 Å². The summed E-state index contributed by atoms with van der Waals surface area (Å²) in [6, 6.07) is 12.8. The average molecular weight is 450 g/mol. The molecule has 0 aromatic heterocycles. The predicted molar refractivity (Wildman–Crippen MR) is 125 cm³/mol. The maximum atomic E-state index is 12.7. The molecule has 2 aliphatic rings. The van der Waals surface area contributed by atoms with E-state index in [2.05, 4.69) is 22.3 Å². The zero-order chi connectivity index (χ0) is 23.4. The zero-order valence-electron chi connectivity index (χ0n) is 19.0. The summed E-state index contributed by atoms with van der Waals surface area (Å²) in [5, 5.41) is 12.5. The Bertz CT molecular complexity index is 1030. The van der Waals surface area contributed by atoms with Crippen molar-refractivity contribution in [1.82, 2.24) is 15.1 Å². The Morgan fingerprint density at radius 1 is 1.00 bits per heavy atom. The third-order valence-electron chi connectivity index (χ3n) is 6.41. The van der Waals surface area contributed by atoms with Crippen molar-refractivity contribution in [3.63, 3.8) is 0 Å². The molecule has 0 radical (unpaired) electrons. The third-order valence-corrected chi connectivity index (χ3v) is 6.41. The fourth-order valence-electron chi connectivity index (χ4n) is 4.33. The zero-order valence-corrected chi connectivity index (χ0v) is 19.0. The summed E-state index contributed by atoms with van der Waals surface area (Å²) in [5.74, 6) is -0.880. The van der Waals surface area contributed by atoms with Gasteiger partial charge in [0.25, 0.3) is 17.7 Å². The molecule has 33 heavy (non-hydrogen) atoms. The Morgan fingerprint density at radius 2 is 1.67 bits per heavy atom. The van der Waals surface area contributed by atoms with E-state index < -0.39 is 0 Å². The Hall–Kier alpha value is -3.03. The van der Waals surface area contributed by atoms with Gasteiger partial charge in [-0.3, -0.25) is 24.2 Å². The number of benzene rings is 2. The number of carbonyl (C=O) groups is 3. The van der Waals surface area contributed by atoms with Crippen LogP contribution in [0.25, 0.3) is 0 Å². The SMILES string of the molecule is CCCCN1C(=O)c2ccc(C(=O)NCc3ccc(CN4CCC(O)CC4)cc3)cc2C1=O. The van der Waals surface area contributed by atoms with E-state index in [0.717, 1.165) is 50.9 Å². The number of hydrogen-bond acceptors (Lipinski definition) is 5. The van der Waals surface area contributed by atoms with E-state index in [4.69, 9.17) is 0 Å². The van der Waals surface area contributed by atoms with E-state index in [9.17, 15) is 19.5 Å². The Balaban J connectivity index is 1.33. The van der Waals surface area contributed by atoms with Crippen molar-refractivity contribution in [2.45, 2.75) is 51.8 Å². The topological polar surface area (TPSA) is 90.0 Å². The molecule has 174 valence electrons. The van der Waals surface area contributed by atoms with Gasteiger partial charge >= 0.3 is 0 Å². The lowest BCUT2D eigenvalue weighted by Gasteiger charge is -2.29. The molecular weight excluding hydrogens is 418 g/mol. The van der Waals surface area contributed by atoms with Crippen LogP contribution in [0.4, 0.5) is 0 Å². The van der Waals surface area contributed by atoms with E-state index >= 15 is 0 Å². The van der Waals surface area contributed by atoms with Crippen molar-refractivity contribution in [1.29, 1.82) is 0 Å². The van der Waals surface area contributed by atoms with Crippen molar-refractivity contribution >= 4 is 17.7 Å². The van der Waals surface area contributed by atoms with Gasteiger partial charge in [0.2, 0.25) is 0 Å². The van der Waals surface area contributed by atoms with Crippen LogP contribution in [0.2, 0.25) is 0 Å². The first-order chi connectivity index (χ1) is 16.0. The maximum absolute atomic E-state index is 12.7. The van der Waals surface area contributed by atoms with Crippen molar-refractivity contribution in [2.75, 3.05) is 19.6 Å². The number of nitrogens with one attached hydrogen (secondary N) is 1. The van der Waals surface area contributed by atoms with E-state index in [1.807, 2.05) is 19.1 Å².